The zero-order valence-electron chi connectivity index (χ0n) is 15.2. The van der Waals surface area contributed by atoms with Crippen LogP contribution in [0.2, 0.25) is 0 Å². The molecule has 0 fully saturated rings. The van der Waals surface area contributed by atoms with Gasteiger partial charge in [0.25, 0.3) is 0 Å². The third-order valence-electron chi connectivity index (χ3n) is 4.35. The number of amides is 2. The normalized spacial score (nSPS) is 10.4. The summed E-state index contributed by atoms with van der Waals surface area (Å²) in [5.74, 6) is 0.0293. The van der Waals surface area contributed by atoms with Crippen LogP contribution < -0.4 is 0 Å². The minimum absolute atomic E-state index is 0.0123. The van der Waals surface area contributed by atoms with E-state index in [4.69, 9.17) is 0 Å². The molecule has 0 bridgehead atoms. The summed E-state index contributed by atoms with van der Waals surface area (Å²) in [7, 11) is 1.80. The molecule has 0 spiro atoms. The maximum absolute atomic E-state index is 12.4. The molecule has 0 atom stereocenters. The van der Waals surface area contributed by atoms with Crippen LogP contribution in [0.3, 0.4) is 0 Å². The van der Waals surface area contributed by atoms with Gasteiger partial charge in [-0.2, -0.15) is 0 Å². The number of nitrogens with zero attached hydrogens (tertiary/aromatic N) is 2. The van der Waals surface area contributed by atoms with Crippen LogP contribution in [0.1, 0.15) is 30.0 Å². The molecule has 0 saturated carbocycles. The Bertz CT molecular complexity index is 713. The highest BCUT2D eigenvalue weighted by Crippen LogP contribution is 2.12. The van der Waals surface area contributed by atoms with Crippen LogP contribution in [0.15, 0.2) is 54.6 Å². The van der Waals surface area contributed by atoms with E-state index in [9.17, 15) is 9.59 Å². The van der Waals surface area contributed by atoms with Crippen LogP contribution in [0.4, 0.5) is 0 Å². The third-order valence-corrected chi connectivity index (χ3v) is 4.35. The minimum Gasteiger partial charge on any atom is -0.341 e. The van der Waals surface area contributed by atoms with Crippen LogP contribution >= 0.6 is 0 Å². The molecule has 0 aliphatic heterocycles. The van der Waals surface area contributed by atoms with E-state index < -0.39 is 0 Å². The van der Waals surface area contributed by atoms with E-state index >= 15 is 0 Å². The van der Waals surface area contributed by atoms with Crippen LogP contribution in [0.5, 0.6) is 0 Å². The average Bonchev–Trinajstić information content (AvgIpc) is 2.60. The summed E-state index contributed by atoms with van der Waals surface area (Å²) in [5, 5.41) is 0. The molecule has 25 heavy (non-hydrogen) atoms. The molecule has 0 unspecified atom stereocenters. The Morgan fingerprint density at radius 3 is 2.20 bits per heavy atom. The first-order valence-corrected chi connectivity index (χ1v) is 8.55. The predicted molar refractivity (Wildman–Crippen MR) is 99.8 cm³/mol. The number of benzene rings is 2. The topological polar surface area (TPSA) is 40.6 Å². The van der Waals surface area contributed by atoms with Crippen molar-refractivity contribution in [1.29, 1.82) is 0 Å². The van der Waals surface area contributed by atoms with Gasteiger partial charge in [0, 0.05) is 40.0 Å². The van der Waals surface area contributed by atoms with Gasteiger partial charge in [-0.1, -0.05) is 54.6 Å². The molecule has 0 aliphatic rings. The second-order valence-corrected chi connectivity index (χ2v) is 6.35. The molecule has 0 radical (unpaired) electrons. The van der Waals surface area contributed by atoms with Crippen molar-refractivity contribution in [3.63, 3.8) is 0 Å². The Morgan fingerprint density at radius 2 is 1.56 bits per heavy atom. The second-order valence-electron chi connectivity index (χ2n) is 6.35. The monoisotopic (exact) mass is 338 g/mol. The number of carbonyl (C=O) groups excluding carboxylic acids is 2. The maximum atomic E-state index is 12.4. The molecule has 0 saturated heterocycles. The van der Waals surface area contributed by atoms with Gasteiger partial charge in [-0.15, -0.1) is 0 Å². The molecule has 0 aromatic heterocycles. The average molecular weight is 338 g/mol. The van der Waals surface area contributed by atoms with Crippen LogP contribution in [0, 0.1) is 6.92 Å². The van der Waals surface area contributed by atoms with E-state index in [1.54, 1.807) is 23.8 Å². The number of hydrogen-bond acceptors (Lipinski definition) is 2. The summed E-state index contributed by atoms with van der Waals surface area (Å²) in [5.41, 5.74) is 3.37. The first-order valence-electron chi connectivity index (χ1n) is 8.55. The van der Waals surface area contributed by atoms with Crippen LogP contribution in [-0.4, -0.2) is 35.2 Å². The molecular weight excluding hydrogens is 312 g/mol. The summed E-state index contributed by atoms with van der Waals surface area (Å²) < 4.78 is 0. The molecule has 2 amide bonds. The fourth-order valence-electron chi connectivity index (χ4n) is 2.71. The summed E-state index contributed by atoms with van der Waals surface area (Å²) in [6.45, 7) is 5.14. The summed E-state index contributed by atoms with van der Waals surface area (Å²) in [6, 6.07) is 17.9. The lowest BCUT2D eigenvalue weighted by atomic mass is 10.1. The summed E-state index contributed by atoms with van der Waals surface area (Å²) in [6.07, 6.45) is 0.328. The van der Waals surface area contributed by atoms with Crippen LogP contribution in [-0.2, 0) is 22.7 Å². The summed E-state index contributed by atoms with van der Waals surface area (Å²) >= 11 is 0. The Balaban J connectivity index is 1.91. The minimum atomic E-state index is -0.0123. The van der Waals surface area contributed by atoms with Gasteiger partial charge in [-0.05, 0) is 23.6 Å². The highest BCUT2D eigenvalue weighted by Gasteiger charge is 2.15. The fourth-order valence-corrected chi connectivity index (χ4v) is 2.71. The lowest BCUT2D eigenvalue weighted by molar-refractivity contribution is -0.133. The van der Waals surface area contributed by atoms with Gasteiger partial charge in [0.05, 0.1) is 0 Å². The molecule has 0 aliphatic carbocycles. The Morgan fingerprint density at radius 1 is 0.920 bits per heavy atom. The molecule has 0 heterocycles. The van der Waals surface area contributed by atoms with Crippen molar-refractivity contribution < 1.29 is 9.59 Å². The van der Waals surface area contributed by atoms with Gasteiger partial charge in [0.1, 0.15) is 0 Å². The molecule has 4 heteroatoms. The molecule has 4 nitrogen and oxygen atoms in total. The van der Waals surface area contributed by atoms with Gasteiger partial charge in [0.2, 0.25) is 11.8 Å². The van der Waals surface area contributed by atoms with Crippen molar-refractivity contribution in [3.05, 3.63) is 71.3 Å². The largest absolute Gasteiger partial charge is 0.341 e. The van der Waals surface area contributed by atoms with Crippen molar-refractivity contribution in [1.82, 2.24) is 9.80 Å². The SMILES string of the molecule is CC(=O)N(CCC(=O)N(C)Cc1ccccc1)Cc1ccccc1C. The number of aryl methyl sites for hydroxylation is 1. The molecule has 0 N–H and O–H groups in total. The van der Waals surface area contributed by atoms with Crippen molar-refractivity contribution in [2.75, 3.05) is 13.6 Å². The Labute approximate surface area is 150 Å². The maximum Gasteiger partial charge on any atom is 0.224 e. The highest BCUT2D eigenvalue weighted by atomic mass is 16.2. The van der Waals surface area contributed by atoms with Gasteiger partial charge in [0.15, 0.2) is 0 Å². The molecule has 2 rings (SSSR count). The number of hydrogen-bond donors (Lipinski definition) is 0. The van der Waals surface area contributed by atoms with Crippen molar-refractivity contribution in [2.24, 2.45) is 0 Å². The van der Waals surface area contributed by atoms with Crippen molar-refractivity contribution in [3.8, 4) is 0 Å². The van der Waals surface area contributed by atoms with E-state index in [1.165, 1.54) is 0 Å². The van der Waals surface area contributed by atoms with Gasteiger partial charge in [-0.25, -0.2) is 0 Å². The van der Waals surface area contributed by atoms with Gasteiger partial charge in [-0.3, -0.25) is 9.59 Å². The number of rotatable bonds is 7. The fraction of sp³-hybridized carbons (Fsp3) is 0.333. The smallest absolute Gasteiger partial charge is 0.224 e. The zero-order chi connectivity index (χ0) is 18.2. The Kier molecular flexibility index (Phi) is 6.75. The van der Waals surface area contributed by atoms with E-state index in [2.05, 4.69) is 0 Å². The van der Waals surface area contributed by atoms with E-state index in [-0.39, 0.29) is 11.8 Å². The van der Waals surface area contributed by atoms with Crippen molar-refractivity contribution in [2.45, 2.75) is 33.4 Å². The quantitative estimate of drug-likeness (QED) is 0.776. The molecule has 2 aromatic carbocycles. The molecule has 132 valence electrons. The second kappa shape index (κ2) is 9.02. The van der Waals surface area contributed by atoms with Crippen LogP contribution in [0.25, 0.3) is 0 Å². The molecular formula is C21H26N2O2. The number of carbonyl (C=O) groups is 2. The standard InChI is InChI=1S/C21H26N2O2/c1-17-9-7-8-12-20(17)16-23(18(2)24)14-13-21(25)22(3)15-19-10-5-4-6-11-19/h4-12H,13-16H2,1-3H3. The predicted octanol–water partition coefficient (Wildman–Crippen LogP) is 3.39. The lowest BCUT2D eigenvalue weighted by Crippen LogP contribution is -2.34. The Hall–Kier alpha value is -2.62. The first kappa shape index (κ1) is 18.7. The van der Waals surface area contributed by atoms with Gasteiger partial charge < -0.3 is 9.80 Å². The van der Waals surface area contributed by atoms with E-state index in [1.807, 2.05) is 61.5 Å². The third kappa shape index (κ3) is 5.75. The first-order chi connectivity index (χ1) is 12.0. The zero-order valence-corrected chi connectivity index (χ0v) is 15.2. The molecule has 2 aromatic rings. The van der Waals surface area contributed by atoms with E-state index in [0.29, 0.717) is 26.1 Å². The van der Waals surface area contributed by atoms with Gasteiger partial charge >= 0.3 is 0 Å². The van der Waals surface area contributed by atoms with Crippen molar-refractivity contribution >= 4 is 11.8 Å². The summed E-state index contributed by atoms with van der Waals surface area (Å²) in [4.78, 5) is 27.8. The lowest BCUT2D eigenvalue weighted by Gasteiger charge is -2.24. The highest BCUT2D eigenvalue weighted by molar-refractivity contribution is 5.78. The van der Waals surface area contributed by atoms with E-state index in [0.717, 1.165) is 16.7 Å².